The average molecular weight is 253 g/mol. The van der Waals surface area contributed by atoms with E-state index in [9.17, 15) is 13.2 Å². The Morgan fingerprint density at radius 2 is 1.89 bits per heavy atom. The summed E-state index contributed by atoms with van der Waals surface area (Å²) in [4.78, 5) is 3.96. The van der Waals surface area contributed by atoms with Gasteiger partial charge in [-0.1, -0.05) is 12.1 Å². The lowest BCUT2D eigenvalue weighted by molar-refractivity contribution is -0.137. The third-order valence-corrected chi connectivity index (χ3v) is 2.27. The molecule has 0 atom stereocenters. The van der Waals surface area contributed by atoms with Crippen molar-refractivity contribution in [1.29, 1.82) is 0 Å². The zero-order chi connectivity index (χ0) is 13.2. The van der Waals surface area contributed by atoms with Gasteiger partial charge in [-0.2, -0.15) is 13.2 Å². The van der Waals surface area contributed by atoms with Crippen LogP contribution in [0.15, 0.2) is 42.6 Å². The molecular weight excluding hydrogens is 243 g/mol. The van der Waals surface area contributed by atoms with E-state index in [4.69, 9.17) is 4.74 Å². The molecule has 1 aromatic carbocycles. The third-order valence-electron chi connectivity index (χ3n) is 2.27. The molecule has 0 amide bonds. The van der Waals surface area contributed by atoms with Gasteiger partial charge in [0.05, 0.1) is 5.56 Å². The molecule has 0 N–H and O–H groups in total. The second-order valence-corrected chi connectivity index (χ2v) is 3.80. The summed E-state index contributed by atoms with van der Waals surface area (Å²) in [5, 5.41) is 0. The topological polar surface area (TPSA) is 22.1 Å². The lowest BCUT2D eigenvalue weighted by Gasteiger charge is -2.09. The van der Waals surface area contributed by atoms with Gasteiger partial charge in [-0.3, -0.25) is 0 Å². The van der Waals surface area contributed by atoms with Crippen molar-refractivity contribution >= 4 is 0 Å². The number of aromatic nitrogens is 1. The Bertz CT molecular complexity index is 535. The molecule has 1 aromatic heterocycles. The minimum atomic E-state index is -4.37. The second-order valence-electron chi connectivity index (χ2n) is 3.80. The quantitative estimate of drug-likeness (QED) is 0.800. The zero-order valence-electron chi connectivity index (χ0n) is 9.53. The maximum atomic E-state index is 12.5. The molecule has 0 radical (unpaired) electrons. The van der Waals surface area contributed by atoms with Crippen LogP contribution in [0.5, 0.6) is 11.6 Å². The van der Waals surface area contributed by atoms with Crippen LogP contribution in [0.3, 0.4) is 0 Å². The first-order valence-electron chi connectivity index (χ1n) is 5.23. The first-order valence-corrected chi connectivity index (χ1v) is 5.23. The number of hydrogen-bond acceptors (Lipinski definition) is 2. The van der Waals surface area contributed by atoms with Crippen LogP contribution < -0.4 is 4.74 Å². The molecule has 5 heteroatoms. The van der Waals surface area contributed by atoms with Crippen LogP contribution in [-0.4, -0.2) is 4.98 Å². The van der Waals surface area contributed by atoms with Crippen LogP contribution in [0.2, 0.25) is 0 Å². The molecule has 0 spiro atoms. The van der Waals surface area contributed by atoms with E-state index in [0.717, 1.165) is 17.7 Å². The maximum absolute atomic E-state index is 12.5. The summed E-state index contributed by atoms with van der Waals surface area (Å²) >= 11 is 0. The van der Waals surface area contributed by atoms with Crippen LogP contribution in [0.25, 0.3) is 0 Å². The zero-order valence-corrected chi connectivity index (χ0v) is 9.53. The van der Waals surface area contributed by atoms with Crippen molar-refractivity contribution < 1.29 is 17.9 Å². The number of hydrogen-bond donors (Lipinski definition) is 0. The molecule has 18 heavy (non-hydrogen) atoms. The van der Waals surface area contributed by atoms with Crippen molar-refractivity contribution in [3.8, 4) is 11.6 Å². The Balaban J connectivity index is 2.22. The fourth-order valence-corrected chi connectivity index (χ4v) is 1.37. The molecule has 2 nitrogen and oxygen atoms in total. The smallest absolute Gasteiger partial charge is 0.416 e. The van der Waals surface area contributed by atoms with E-state index < -0.39 is 11.7 Å². The number of aryl methyl sites for hydroxylation is 1. The van der Waals surface area contributed by atoms with E-state index in [1.807, 2.05) is 6.92 Å². The van der Waals surface area contributed by atoms with Crippen molar-refractivity contribution in [1.82, 2.24) is 4.98 Å². The van der Waals surface area contributed by atoms with Crippen LogP contribution in [0.4, 0.5) is 13.2 Å². The van der Waals surface area contributed by atoms with Crippen LogP contribution in [0.1, 0.15) is 11.1 Å². The Kier molecular flexibility index (Phi) is 3.23. The highest BCUT2D eigenvalue weighted by molar-refractivity contribution is 5.33. The number of benzene rings is 1. The van der Waals surface area contributed by atoms with Crippen molar-refractivity contribution in [2.45, 2.75) is 13.1 Å². The van der Waals surface area contributed by atoms with Crippen LogP contribution in [0, 0.1) is 6.92 Å². The first-order chi connectivity index (χ1) is 8.45. The fourth-order valence-electron chi connectivity index (χ4n) is 1.37. The minimum absolute atomic E-state index is 0.112. The second kappa shape index (κ2) is 4.68. The van der Waals surface area contributed by atoms with E-state index in [1.54, 1.807) is 18.3 Å². The van der Waals surface area contributed by atoms with Gasteiger partial charge in [0, 0.05) is 12.3 Å². The van der Waals surface area contributed by atoms with Gasteiger partial charge in [0.15, 0.2) is 0 Å². The standard InChI is InChI=1S/C13H10F3NO/c1-9-5-6-12(17-8-9)18-11-4-2-3-10(7-11)13(14,15)16/h2-8H,1H3. The number of alkyl halides is 3. The number of ether oxygens (including phenoxy) is 1. The summed E-state index contributed by atoms with van der Waals surface area (Å²) in [5.41, 5.74) is 0.207. The SMILES string of the molecule is Cc1ccc(Oc2cccc(C(F)(F)F)c2)nc1. The van der Waals surface area contributed by atoms with Crippen molar-refractivity contribution in [2.24, 2.45) is 0 Å². The molecule has 0 bridgehead atoms. The Morgan fingerprint density at radius 1 is 1.11 bits per heavy atom. The molecule has 94 valence electrons. The Morgan fingerprint density at radius 3 is 2.50 bits per heavy atom. The molecule has 0 aliphatic heterocycles. The summed E-state index contributed by atoms with van der Waals surface area (Å²) in [6.07, 6.45) is -2.79. The van der Waals surface area contributed by atoms with Gasteiger partial charge in [0.25, 0.3) is 0 Å². The first kappa shape index (κ1) is 12.4. The average Bonchev–Trinajstić information content (AvgIpc) is 2.31. The molecule has 1 heterocycles. The predicted molar refractivity (Wildman–Crippen MR) is 60.5 cm³/mol. The highest BCUT2D eigenvalue weighted by Crippen LogP contribution is 2.32. The number of rotatable bonds is 2. The summed E-state index contributed by atoms with van der Waals surface area (Å²) in [6.45, 7) is 1.86. The van der Waals surface area contributed by atoms with Crippen molar-refractivity contribution in [3.05, 3.63) is 53.7 Å². The van der Waals surface area contributed by atoms with E-state index in [-0.39, 0.29) is 11.6 Å². The summed E-state index contributed by atoms with van der Waals surface area (Å²) < 4.78 is 42.7. The van der Waals surface area contributed by atoms with E-state index in [0.29, 0.717) is 0 Å². The highest BCUT2D eigenvalue weighted by Gasteiger charge is 2.30. The summed E-state index contributed by atoms with van der Waals surface area (Å²) in [5.74, 6) is 0.376. The summed E-state index contributed by atoms with van der Waals surface area (Å²) in [6, 6.07) is 8.08. The van der Waals surface area contributed by atoms with Crippen molar-refractivity contribution in [3.63, 3.8) is 0 Å². The number of halogens is 3. The molecule has 0 aliphatic rings. The molecule has 2 rings (SSSR count). The molecule has 0 unspecified atom stereocenters. The molecular formula is C13H10F3NO. The Hall–Kier alpha value is -2.04. The molecule has 2 aromatic rings. The van der Waals surface area contributed by atoms with Crippen LogP contribution >= 0.6 is 0 Å². The molecule has 0 saturated heterocycles. The molecule has 0 fully saturated rings. The number of nitrogens with zero attached hydrogens (tertiary/aromatic N) is 1. The monoisotopic (exact) mass is 253 g/mol. The van der Waals surface area contributed by atoms with Gasteiger partial charge in [-0.05, 0) is 30.7 Å². The predicted octanol–water partition coefficient (Wildman–Crippen LogP) is 4.20. The van der Waals surface area contributed by atoms with Gasteiger partial charge in [0.1, 0.15) is 5.75 Å². The highest BCUT2D eigenvalue weighted by atomic mass is 19.4. The third kappa shape index (κ3) is 3.00. The molecule has 0 saturated carbocycles. The minimum Gasteiger partial charge on any atom is -0.439 e. The van der Waals surface area contributed by atoms with Gasteiger partial charge in [-0.25, -0.2) is 4.98 Å². The Labute approximate surface area is 102 Å². The van der Waals surface area contributed by atoms with Gasteiger partial charge < -0.3 is 4.74 Å². The maximum Gasteiger partial charge on any atom is 0.416 e. The van der Waals surface area contributed by atoms with Crippen LogP contribution in [-0.2, 0) is 6.18 Å². The van der Waals surface area contributed by atoms with E-state index in [2.05, 4.69) is 4.98 Å². The number of pyridine rings is 1. The van der Waals surface area contributed by atoms with E-state index >= 15 is 0 Å². The van der Waals surface area contributed by atoms with Gasteiger partial charge in [0.2, 0.25) is 5.88 Å². The van der Waals surface area contributed by atoms with Gasteiger partial charge in [-0.15, -0.1) is 0 Å². The molecule has 0 aliphatic carbocycles. The summed E-state index contributed by atoms with van der Waals surface area (Å²) in [7, 11) is 0. The largest absolute Gasteiger partial charge is 0.439 e. The van der Waals surface area contributed by atoms with E-state index in [1.165, 1.54) is 12.1 Å². The van der Waals surface area contributed by atoms with Crippen molar-refractivity contribution in [2.75, 3.05) is 0 Å². The fraction of sp³-hybridized carbons (Fsp3) is 0.154. The lowest BCUT2D eigenvalue weighted by Crippen LogP contribution is -2.04. The lowest BCUT2D eigenvalue weighted by atomic mass is 10.2. The van der Waals surface area contributed by atoms with Gasteiger partial charge >= 0.3 is 6.18 Å². The normalized spacial score (nSPS) is 11.3.